The fourth-order valence-electron chi connectivity index (χ4n) is 4.46. The summed E-state index contributed by atoms with van der Waals surface area (Å²) in [6.07, 6.45) is 5.47. The molecule has 0 N–H and O–H groups in total. The van der Waals surface area contributed by atoms with Gasteiger partial charge in [0.2, 0.25) is 0 Å². The SMILES string of the molecule is C=C(c1ccc(C)cc1CC)N1CCC2(CCc3ccccc3O2)CC1. The monoisotopic (exact) mass is 347 g/mol. The number of likely N-dealkylation sites (tertiary alicyclic amines) is 1. The number of nitrogens with zero attached hydrogens (tertiary/aromatic N) is 1. The predicted octanol–water partition coefficient (Wildman–Crippen LogP) is 5.39. The van der Waals surface area contributed by atoms with E-state index in [0.29, 0.717) is 0 Å². The molecule has 1 fully saturated rings. The summed E-state index contributed by atoms with van der Waals surface area (Å²) in [7, 11) is 0. The minimum atomic E-state index is 0.0198. The summed E-state index contributed by atoms with van der Waals surface area (Å²) in [4.78, 5) is 2.46. The van der Waals surface area contributed by atoms with Crippen molar-refractivity contribution in [3.63, 3.8) is 0 Å². The van der Waals surface area contributed by atoms with Gasteiger partial charge in [0.15, 0.2) is 0 Å². The Kier molecular flexibility index (Phi) is 4.52. The van der Waals surface area contributed by atoms with Crippen molar-refractivity contribution in [2.24, 2.45) is 0 Å². The van der Waals surface area contributed by atoms with Crippen LogP contribution in [0.4, 0.5) is 0 Å². The van der Waals surface area contributed by atoms with Gasteiger partial charge in [-0.05, 0) is 43.4 Å². The predicted molar refractivity (Wildman–Crippen MR) is 109 cm³/mol. The van der Waals surface area contributed by atoms with Crippen LogP contribution in [0.3, 0.4) is 0 Å². The first-order valence-corrected chi connectivity index (χ1v) is 9.91. The lowest BCUT2D eigenvalue weighted by Crippen LogP contribution is -2.49. The van der Waals surface area contributed by atoms with E-state index in [-0.39, 0.29) is 5.60 Å². The van der Waals surface area contributed by atoms with Gasteiger partial charge in [0.25, 0.3) is 0 Å². The Bertz CT molecular complexity index is 815. The number of hydrogen-bond acceptors (Lipinski definition) is 2. The zero-order chi connectivity index (χ0) is 18.1. The Morgan fingerprint density at radius 2 is 1.88 bits per heavy atom. The highest BCUT2D eigenvalue weighted by Crippen LogP contribution is 2.40. The minimum Gasteiger partial charge on any atom is -0.487 e. The summed E-state index contributed by atoms with van der Waals surface area (Å²) >= 11 is 0. The van der Waals surface area contributed by atoms with E-state index in [2.05, 4.69) is 67.8 Å². The summed E-state index contributed by atoms with van der Waals surface area (Å²) in [5.41, 5.74) is 6.59. The number of para-hydroxylation sites is 1. The number of benzene rings is 2. The maximum Gasteiger partial charge on any atom is 0.123 e. The third-order valence-corrected chi connectivity index (χ3v) is 6.16. The van der Waals surface area contributed by atoms with Crippen LogP contribution in [0.5, 0.6) is 5.75 Å². The molecule has 2 aliphatic rings. The highest BCUT2D eigenvalue weighted by atomic mass is 16.5. The molecule has 0 unspecified atom stereocenters. The molecule has 136 valence electrons. The summed E-state index contributed by atoms with van der Waals surface area (Å²) in [6, 6.07) is 15.3. The van der Waals surface area contributed by atoms with Crippen molar-refractivity contribution in [1.82, 2.24) is 4.90 Å². The average Bonchev–Trinajstić information content (AvgIpc) is 2.68. The molecule has 2 aliphatic heterocycles. The van der Waals surface area contributed by atoms with Crippen LogP contribution in [0.15, 0.2) is 49.0 Å². The van der Waals surface area contributed by atoms with Gasteiger partial charge >= 0.3 is 0 Å². The number of rotatable bonds is 3. The molecule has 26 heavy (non-hydrogen) atoms. The fraction of sp³-hybridized carbons (Fsp3) is 0.417. The van der Waals surface area contributed by atoms with Crippen LogP contribution in [0.2, 0.25) is 0 Å². The summed E-state index contributed by atoms with van der Waals surface area (Å²) in [6.45, 7) is 10.9. The van der Waals surface area contributed by atoms with Crippen LogP contribution in [0.25, 0.3) is 5.70 Å². The largest absolute Gasteiger partial charge is 0.487 e. The Labute approximate surface area is 157 Å². The molecule has 1 saturated heterocycles. The van der Waals surface area contributed by atoms with Gasteiger partial charge in [0, 0.05) is 37.2 Å². The third kappa shape index (κ3) is 3.13. The number of fused-ring (bicyclic) bond motifs is 1. The first kappa shape index (κ1) is 17.2. The van der Waals surface area contributed by atoms with E-state index in [1.807, 2.05) is 0 Å². The standard InChI is InChI=1S/C24H29NO/c1-4-20-17-18(2)9-10-22(20)19(3)25-15-13-24(14-16-25)12-11-21-7-5-6-8-23(21)26-24/h5-10,17H,3-4,11-16H2,1-2H3. The summed E-state index contributed by atoms with van der Waals surface area (Å²) in [5.74, 6) is 1.10. The molecule has 0 atom stereocenters. The second-order valence-electron chi connectivity index (χ2n) is 7.84. The van der Waals surface area contributed by atoms with E-state index in [1.54, 1.807) is 0 Å². The van der Waals surface area contributed by atoms with Crippen LogP contribution >= 0.6 is 0 Å². The number of aryl methyl sites for hydroxylation is 3. The molecule has 2 aromatic rings. The van der Waals surface area contributed by atoms with Crippen molar-refractivity contribution in [1.29, 1.82) is 0 Å². The van der Waals surface area contributed by atoms with Crippen LogP contribution in [0, 0.1) is 6.92 Å². The number of ether oxygens (including phenoxy) is 1. The molecule has 2 aromatic carbocycles. The summed E-state index contributed by atoms with van der Waals surface area (Å²) < 4.78 is 6.50. The molecule has 0 aliphatic carbocycles. The van der Waals surface area contributed by atoms with Crippen LogP contribution in [-0.4, -0.2) is 23.6 Å². The topological polar surface area (TPSA) is 12.5 Å². The number of piperidine rings is 1. The smallest absolute Gasteiger partial charge is 0.123 e. The van der Waals surface area contributed by atoms with Crippen molar-refractivity contribution in [3.8, 4) is 5.75 Å². The quantitative estimate of drug-likeness (QED) is 0.738. The van der Waals surface area contributed by atoms with Gasteiger partial charge in [0.05, 0.1) is 0 Å². The minimum absolute atomic E-state index is 0.0198. The van der Waals surface area contributed by atoms with Gasteiger partial charge in [-0.15, -0.1) is 0 Å². The Morgan fingerprint density at radius 3 is 2.65 bits per heavy atom. The van der Waals surface area contributed by atoms with Gasteiger partial charge in [-0.25, -0.2) is 0 Å². The van der Waals surface area contributed by atoms with Crippen molar-refractivity contribution < 1.29 is 4.74 Å². The first-order valence-electron chi connectivity index (χ1n) is 9.91. The Morgan fingerprint density at radius 1 is 1.12 bits per heavy atom. The van der Waals surface area contributed by atoms with E-state index in [0.717, 1.165) is 50.9 Å². The van der Waals surface area contributed by atoms with Crippen molar-refractivity contribution in [2.45, 2.75) is 51.6 Å². The highest BCUT2D eigenvalue weighted by Gasteiger charge is 2.39. The molecule has 2 nitrogen and oxygen atoms in total. The summed E-state index contributed by atoms with van der Waals surface area (Å²) in [5, 5.41) is 0. The van der Waals surface area contributed by atoms with Crippen molar-refractivity contribution >= 4 is 5.70 Å². The van der Waals surface area contributed by atoms with Gasteiger partial charge in [-0.1, -0.05) is 55.5 Å². The fourth-order valence-corrected chi connectivity index (χ4v) is 4.46. The molecule has 1 spiro atoms. The van der Waals surface area contributed by atoms with Crippen LogP contribution in [-0.2, 0) is 12.8 Å². The first-order chi connectivity index (χ1) is 12.6. The zero-order valence-corrected chi connectivity index (χ0v) is 16.1. The lowest BCUT2D eigenvalue weighted by molar-refractivity contribution is -0.00243. The Balaban J connectivity index is 1.47. The van der Waals surface area contributed by atoms with Gasteiger partial charge in [-0.3, -0.25) is 0 Å². The highest BCUT2D eigenvalue weighted by molar-refractivity contribution is 5.65. The number of hydrogen-bond donors (Lipinski definition) is 0. The van der Waals surface area contributed by atoms with E-state index < -0.39 is 0 Å². The normalized spacial score (nSPS) is 18.3. The average molecular weight is 348 g/mol. The van der Waals surface area contributed by atoms with Gasteiger partial charge in [-0.2, -0.15) is 0 Å². The lowest BCUT2D eigenvalue weighted by atomic mass is 9.82. The van der Waals surface area contributed by atoms with Crippen molar-refractivity contribution in [2.75, 3.05) is 13.1 Å². The second kappa shape index (κ2) is 6.83. The molecule has 0 radical (unpaired) electrons. The molecular formula is C24H29NO. The lowest BCUT2D eigenvalue weighted by Gasteiger charge is -2.45. The molecule has 4 rings (SSSR count). The van der Waals surface area contributed by atoms with E-state index in [4.69, 9.17) is 4.74 Å². The maximum atomic E-state index is 6.50. The second-order valence-corrected chi connectivity index (χ2v) is 7.84. The molecule has 2 heterocycles. The molecule has 0 bridgehead atoms. The zero-order valence-electron chi connectivity index (χ0n) is 16.1. The molecule has 2 heteroatoms. The molecule has 0 aromatic heterocycles. The van der Waals surface area contributed by atoms with E-state index in [1.165, 1.54) is 28.0 Å². The molecular weight excluding hydrogens is 318 g/mol. The maximum absolute atomic E-state index is 6.50. The van der Waals surface area contributed by atoms with E-state index in [9.17, 15) is 0 Å². The van der Waals surface area contributed by atoms with Crippen LogP contribution < -0.4 is 4.74 Å². The van der Waals surface area contributed by atoms with E-state index >= 15 is 0 Å². The molecule has 0 saturated carbocycles. The van der Waals surface area contributed by atoms with Gasteiger partial charge < -0.3 is 9.64 Å². The third-order valence-electron chi connectivity index (χ3n) is 6.16. The van der Waals surface area contributed by atoms with Crippen molar-refractivity contribution in [3.05, 3.63) is 71.3 Å². The van der Waals surface area contributed by atoms with Gasteiger partial charge in [0.1, 0.15) is 11.4 Å². The Hall–Kier alpha value is -2.22. The van der Waals surface area contributed by atoms with Crippen LogP contribution in [0.1, 0.15) is 48.4 Å². The molecule has 0 amide bonds.